The number of guanidine groups is 1. The van der Waals surface area contributed by atoms with Crippen molar-refractivity contribution < 1.29 is 12.8 Å². The summed E-state index contributed by atoms with van der Waals surface area (Å²) in [5.41, 5.74) is 0. The van der Waals surface area contributed by atoms with E-state index in [2.05, 4.69) is 15.6 Å². The van der Waals surface area contributed by atoms with Crippen molar-refractivity contribution in [1.82, 2.24) is 14.9 Å². The van der Waals surface area contributed by atoms with E-state index in [1.165, 1.54) is 4.31 Å². The number of nitrogens with one attached hydrogen (secondary N) is 2. The Morgan fingerprint density at radius 2 is 2.00 bits per heavy atom. The number of rotatable bonds is 8. The lowest BCUT2D eigenvalue weighted by Gasteiger charge is -2.20. The molecule has 23 heavy (non-hydrogen) atoms. The van der Waals surface area contributed by atoms with E-state index in [9.17, 15) is 8.42 Å². The summed E-state index contributed by atoms with van der Waals surface area (Å²) in [4.78, 5) is 4.11. The van der Waals surface area contributed by atoms with Crippen molar-refractivity contribution in [2.45, 2.75) is 33.7 Å². The minimum atomic E-state index is -3.23. The quantitative estimate of drug-likeness (QED) is 0.551. The lowest BCUT2D eigenvalue weighted by molar-refractivity contribution is 0.440. The molecule has 132 valence electrons. The molecule has 2 N–H and O–H groups in total. The average molecular weight is 344 g/mol. The van der Waals surface area contributed by atoms with E-state index in [4.69, 9.17) is 4.42 Å². The first-order valence-corrected chi connectivity index (χ1v) is 9.46. The second-order valence-corrected chi connectivity index (χ2v) is 7.30. The van der Waals surface area contributed by atoms with Crippen molar-refractivity contribution in [3.05, 3.63) is 23.7 Å². The number of aryl methyl sites for hydroxylation is 1. The third kappa shape index (κ3) is 5.87. The molecular formula is C15H28N4O3S. The summed E-state index contributed by atoms with van der Waals surface area (Å²) in [6, 6.07) is 3.75. The topological polar surface area (TPSA) is 86.9 Å². The van der Waals surface area contributed by atoms with Gasteiger partial charge in [-0.3, -0.25) is 4.99 Å². The van der Waals surface area contributed by atoms with Crippen molar-refractivity contribution in [3.63, 3.8) is 0 Å². The molecule has 8 heteroatoms. The Morgan fingerprint density at radius 1 is 1.35 bits per heavy atom. The molecule has 0 spiro atoms. The van der Waals surface area contributed by atoms with Gasteiger partial charge < -0.3 is 15.1 Å². The van der Waals surface area contributed by atoms with Gasteiger partial charge >= 0.3 is 0 Å². The molecule has 7 nitrogen and oxygen atoms in total. The third-order valence-electron chi connectivity index (χ3n) is 3.52. The highest BCUT2D eigenvalue weighted by molar-refractivity contribution is 7.89. The number of hydrogen-bond donors (Lipinski definition) is 2. The third-order valence-corrected chi connectivity index (χ3v) is 5.54. The maximum atomic E-state index is 12.1. The Labute approximate surface area is 139 Å². The summed E-state index contributed by atoms with van der Waals surface area (Å²) >= 11 is 0. The van der Waals surface area contributed by atoms with Crippen molar-refractivity contribution in [3.8, 4) is 0 Å². The predicted octanol–water partition coefficient (Wildman–Crippen LogP) is 1.49. The molecule has 0 bridgehead atoms. The van der Waals surface area contributed by atoms with Crippen LogP contribution in [0.2, 0.25) is 0 Å². The van der Waals surface area contributed by atoms with E-state index in [-0.39, 0.29) is 11.8 Å². The molecule has 1 aromatic heterocycles. The van der Waals surface area contributed by atoms with Gasteiger partial charge in [0.15, 0.2) is 5.96 Å². The number of nitrogens with zero attached hydrogens (tertiary/aromatic N) is 2. The van der Waals surface area contributed by atoms with Gasteiger partial charge in [0.05, 0.1) is 11.8 Å². The zero-order valence-corrected chi connectivity index (χ0v) is 15.4. The second-order valence-electron chi connectivity index (χ2n) is 5.21. The fraction of sp³-hybridized carbons (Fsp3) is 0.667. The van der Waals surface area contributed by atoms with E-state index in [1.807, 2.05) is 39.8 Å². The zero-order valence-electron chi connectivity index (χ0n) is 14.6. The van der Waals surface area contributed by atoms with Crippen LogP contribution in [-0.4, -0.2) is 51.1 Å². The molecule has 1 aromatic rings. The smallest absolute Gasteiger partial charge is 0.215 e. The van der Waals surface area contributed by atoms with Crippen LogP contribution in [0.25, 0.3) is 0 Å². The van der Waals surface area contributed by atoms with Gasteiger partial charge in [-0.05, 0) is 26.0 Å². The highest BCUT2D eigenvalue weighted by Crippen LogP contribution is 2.15. The summed E-state index contributed by atoms with van der Waals surface area (Å²) in [6.45, 7) is 8.78. The average Bonchev–Trinajstić information content (AvgIpc) is 2.93. The maximum absolute atomic E-state index is 12.1. The van der Waals surface area contributed by atoms with Gasteiger partial charge in [0.25, 0.3) is 0 Å². The Bertz CT molecular complexity index is 606. The molecule has 1 heterocycles. The number of furan rings is 1. The molecule has 1 unspecified atom stereocenters. The lowest BCUT2D eigenvalue weighted by Crippen LogP contribution is -2.42. The second kappa shape index (κ2) is 8.93. The summed E-state index contributed by atoms with van der Waals surface area (Å²) < 4.78 is 31.3. The molecule has 0 aliphatic rings. The Balaban J connectivity index is 2.52. The molecule has 0 aliphatic heterocycles. The highest BCUT2D eigenvalue weighted by atomic mass is 32.2. The molecular weight excluding hydrogens is 316 g/mol. The van der Waals surface area contributed by atoms with Crippen LogP contribution in [0.3, 0.4) is 0 Å². The van der Waals surface area contributed by atoms with Crippen LogP contribution in [0.1, 0.15) is 38.3 Å². The van der Waals surface area contributed by atoms with Crippen LogP contribution >= 0.6 is 0 Å². The van der Waals surface area contributed by atoms with Crippen molar-refractivity contribution >= 4 is 16.0 Å². The molecule has 0 saturated carbocycles. The molecule has 0 fully saturated rings. The predicted molar refractivity (Wildman–Crippen MR) is 93.1 cm³/mol. The van der Waals surface area contributed by atoms with Crippen LogP contribution in [0.15, 0.2) is 21.5 Å². The van der Waals surface area contributed by atoms with Crippen molar-refractivity contribution in [2.75, 3.05) is 32.4 Å². The summed E-state index contributed by atoms with van der Waals surface area (Å²) in [7, 11) is -1.59. The van der Waals surface area contributed by atoms with E-state index >= 15 is 0 Å². The van der Waals surface area contributed by atoms with E-state index < -0.39 is 10.0 Å². The number of hydrogen-bond acceptors (Lipinski definition) is 4. The van der Waals surface area contributed by atoms with Gasteiger partial charge in [-0.2, -0.15) is 0 Å². The van der Waals surface area contributed by atoms with Crippen molar-refractivity contribution in [2.24, 2.45) is 4.99 Å². The van der Waals surface area contributed by atoms with Crippen molar-refractivity contribution in [1.29, 1.82) is 0 Å². The minimum Gasteiger partial charge on any atom is -0.464 e. The van der Waals surface area contributed by atoms with Crippen LogP contribution in [-0.2, 0) is 10.0 Å². The fourth-order valence-corrected chi connectivity index (χ4v) is 3.61. The number of aliphatic imine (C=N–C) groups is 1. The van der Waals surface area contributed by atoms with Gasteiger partial charge in [-0.25, -0.2) is 12.7 Å². The van der Waals surface area contributed by atoms with Gasteiger partial charge in [-0.15, -0.1) is 0 Å². The summed E-state index contributed by atoms with van der Waals surface area (Å²) in [6.07, 6.45) is 0. The first-order chi connectivity index (χ1) is 10.8. The minimum absolute atomic E-state index is 0.0314. The largest absolute Gasteiger partial charge is 0.464 e. The highest BCUT2D eigenvalue weighted by Gasteiger charge is 2.18. The Hall–Kier alpha value is -1.54. The fourth-order valence-electron chi connectivity index (χ4n) is 2.20. The van der Waals surface area contributed by atoms with Crippen LogP contribution in [0.5, 0.6) is 0 Å². The van der Waals surface area contributed by atoms with Gasteiger partial charge in [-0.1, -0.05) is 13.8 Å². The van der Waals surface area contributed by atoms with Crippen LogP contribution in [0, 0.1) is 6.92 Å². The standard InChI is InChI=1S/C15H28N4O3S/c1-6-19(7-2)23(20,21)11-10-17-15(16-5)18-13(4)14-9-8-12(3)22-14/h8-9,13H,6-7,10-11H2,1-5H3,(H2,16,17,18). The Kier molecular flexibility index (Phi) is 7.57. The number of sulfonamides is 1. The normalized spacial score (nSPS) is 14.1. The first kappa shape index (κ1) is 19.5. The van der Waals surface area contributed by atoms with Gasteiger partial charge in [0.2, 0.25) is 10.0 Å². The molecule has 1 atom stereocenters. The molecule has 0 saturated heterocycles. The van der Waals surface area contributed by atoms with Gasteiger partial charge in [0, 0.05) is 26.7 Å². The van der Waals surface area contributed by atoms with E-state index in [1.54, 1.807) is 7.05 Å². The van der Waals surface area contributed by atoms with E-state index in [0.29, 0.717) is 25.6 Å². The maximum Gasteiger partial charge on any atom is 0.215 e. The molecule has 0 amide bonds. The first-order valence-electron chi connectivity index (χ1n) is 7.85. The summed E-state index contributed by atoms with van der Waals surface area (Å²) in [5, 5.41) is 6.20. The molecule has 0 radical (unpaired) electrons. The lowest BCUT2D eigenvalue weighted by atomic mass is 10.2. The van der Waals surface area contributed by atoms with E-state index in [0.717, 1.165) is 11.5 Å². The summed E-state index contributed by atoms with van der Waals surface area (Å²) in [5.74, 6) is 2.23. The monoisotopic (exact) mass is 344 g/mol. The molecule has 0 aliphatic carbocycles. The molecule has 1 rings (SSSR count). The van der Waals surface area contributed by atoms with Crippen LogP contribution < -0.4 is 10.6 Å². The van der Waals surface area contributed by atoms with Crippen LogP contribution in [0.4, 0.5) is 0 Å². The van der Waals surface area contributed by atoms with Gasteiger partial charge in [0.1, 0.15) is 11.5 Å². The molecule has 0 aromatic carbocycles. The SMILES string of the molecule is CCN(CC)S(=O)(=O)CCNC(=NC)NC(C)c1ccc(C)o1. The zero-order chi connectivity index (χ0) is 17.5. The Morgan fingerprint density at radius 3 is 2.48 bits per heavy atom.